The molecule has 0 spiro atoms. The number of amides is 1. The van der Waals surface area contributed by atoms with E-state index >= 15 is 0 Å². The molecule has 0 bridgehead atoms. The van der Waals surface area contributed by atoms with Crippen molar-refractivity contribution in [1.82, 2.24) is 0 Å². The van der Waals surface area contributed by atoms with E-state index < -0.39 is 0 Å². The Morgan fingerprint density at radius 1 is 1.04 bits per heavy atom. The van der Waals surface area contributed by atoms with Crippen LogP contribution in [0.5, 0.6) is 5.75 Å². The summed E-state index contributed by atoms with van der Waals surface area (Å²) in [6, 6.07) is 17.4. The Balaban J connectivity index is 1.31. The number of carbonyl (C=O) groups is 1. The highest BCUT2D eigenvalue weighted by molar-refractivity contribution is 5.92. The Morgan fingerprint density at radius 3 is 2.89 bits per heavy atom. The smallest absolute Gasteiger partial charge is 0.228 e. The fourth-order valence-electron chi connectivity index (χ4n) is 3.14. The van der Waals surface area contributed by atoms with Crippen LogP contribution in [0.2, 0.25) is 0 Å². The number of ether oxygens (including phenoxy) is 2. The zero-order chi connectivity index (χ0) is 18.5. The van der Waals surface area contributed by atoms with E-state index in [4.69, 9.17) is 13.9 Å². The Labute approximate surface area is 157 Å². The maximum atomic E-state index is 12.4. The summed E-state index contributed by atoms with van der Waals surface area (Å²) >= 11 is 0. The molecule has 0 unspecified atom stereocenters. The van der Waals surface area contributed by atoms with E-state index in [1.165, 1.54) is 5.56 Å². The van der Waals surface area contributed by atoms with Gasteiger partial charge in [0, 0.05) is 12.1 Å². The van der Waals surface area contributed by atoms with Crippen LogP contribution in [0, 0.1) is 0 Å². The molecule has 0 saturated heterocycles. The lowest BCUT2D eigenvalue weighted by Gasteiger charge is -2.09. The number of nitrogens with one attached hydrogen (secondary N) is 1. The van der Waals surface area contributed by atoms with Crippen molar-refractivity contribution < 1.29 is 18.7 Å². The van der Waals surface area contributed by atoms with Crippen LogP contribution in [-0.2, 0) is 35.6 Å². The van der Waals surface area contributed by atoms with Gasteiger partial charge in [-0.1, -0.05) is 24.3 Å². The summed E-state index contributed by atoms with van der Waals surface area (Å²) < 4.78 is 16.4. The van der Waals surface area contributed by atoms with E-state index in [2.05, 4.69) is 11.4 Å². The minimum atomic E-state index is -0.0393. The molecule has 5 heteroatoms. The Bertz CT molecular complexity index is 918. The van der Waals surface area contributed by atoms with Gasteiger partial charge in [0.1, 0.15) is 18.1 Å². The van der Waals surface area contributed by atoms with Gasteiger partial charge in [-0.15, -0.1) is 0 Å². The molecule has 4 rings (SSSR count). The third-order valence-electron chi connectivity index (χ3n) is 4.42. The predicted octanol–water partition coefficient (Wildman–Crippen LogP) is 4.11. The maximum Gasteiger partial charge on any atom is 0.228 e. The van der Waals surface area contributed by atoms with Crippen LogP contribution in [0.3, 0.4) is 0 Å². The van der Waals surface area contributed by atoms with Crippen molar-refractivity contribution in [3.05, 3.63) is 83.3 Å². The average Bonchev–Trinajstić information content (AvgIpc) is 3.33. The third kappa shape index (κ3) is 4.57. The van der Waals surface area contributed by atoms with Crippen LogP contribution >= 0.6 is 0 Å². The molecule has 0 radical (unpaired) electrons. The van der Waals surface area contributed by atoms with Gasteiger partial charge in [0.15, 0.2) is 0 Å². The van der Waals surface area contributed by atoms with Crippen LogP contribution in [-0.4, -0.2) is 12.5 Å². The van der Waals surface area contributed by atoms with E-state index in [1.54, 1.807) is 6.26 Å². The van der Waals surface area contributed by atoms with Gasteiger partial charge < -0.3 is 19.2 Å². The molecule has 0 fully saturated rings. The van der Waals surface area contributed by atoms with Crippen LogP contribution in [0.1, 0.15) is 22.5 Å². The Kier molecular flexibility index (Phi) is 5.21. The van der Waals surface area contributed by atoms with Gasteiger partial charge in [0.2, 0.25) is 5.91 Å². The standard InChI is InChI=1S/C22H21NO4/c24-22(13-16-6-7-21-18(11-16)8-10-27-21)23-19-4-1-3-17(12-19)14-25-15-20-5-2-9-26-20/h1-7,9,11-12H,8,10,13-15H2,(H,23,24). The van der Waals surface area contributed by atoms with Crippen LogP contribution < -0.4 is 10.1 Å². The third-order valence-corrected chi connectivity index (χ3v) is 4.42. The van der Waals surface area contributed by atoms with Crippen molar-refractivity contribution in [1.29, 1.82) is 0 Å². The van der Waals surface area contributed by atoms with E-state index in [9.17, 15) is 4.79 Å². The molecule has 0 saturated carbocycles. The zero-order valence-electron chi connectivity index (χ0n) is 14.9. The number of hydrogen-bond acceptors (Lipinski definition) is 4. The number of rotatable bonds is 7. The maximum absolute atomic E-state index is 12.4. The van der Waals surface area contributed by atoms with Crippen LogP contribution in [0.15, 0.2) is 65.3 Å². The van der Waals surface area contributed by atoms with E-state index in [-0.39, 0.29) is 5.91 Å². The summed E-state index contributed by atoms with van der Waals surface area (Å²) in [7, 11) is 0. The fraction of sp³-hybridized carbons (Fsp3) is 0.227. The second-order valence-corrected chi connectivity index (χ2v) is 6.54. The number of benzene rings is 2. The van der Waals surface area contributed by atoms with Crippen molar-refractivity contribution in [2.75, 3.05) is 11.9 Å². The summed E-state index contributed by atoms with van der Waals surface area (Å²) in [5, 5.41) is 2.96. The molecule has 1 N–H and O–H groups in total. The lowest BCUT2D eigenvalue weighted by atomic mass is 10.1. The minimum Gasteiger partial charge on any atom is -0.493 e. The second kappa shape index (κ2) is 8.10. The summed E-state index contributed by atoms with van der Waals surface area (Å²) in [5.41, 5.74) is 3.93. The number of anilines is 1. The van der Waals surface area contributed by atoms with Gasteiger partial charge in [-0.05, 0) is 47.0 Å². The summed E-state index contributed by atoms with van der Waals surface area (Å²) in [6.45, 7) is 1.60. The van der Waals surface area contributed by atoms with Gasteiger partial charge in [0.05, 0.1) is 25.9 Å². The highest BCUT2D eigenvalue weighted by Crippen LogP contribution is 2.26. The van der Waals surface area contributed by atoms with Crippen molar-refractivity contribution >= 4 is 11.6 Å². The first kappa shape index (κ1) is 17.4. The first-order valence-electron chi connectivity index (χ1n) is 9.00. The molecule has 1 aromatic heterocycles. The summed E-state index contributed by atoms with van der Waals surface area (Å²) in [4.78, 5) is 12.4. The van der Waals surface area contributed by atoms with Crippen molar-refractivity contribution in [2.45, 2.75) is 26.1 Å². The first-order valence-corrected chi connectivity index (χ1v) is 9.00. The number of hydrogen-bond donors (Lipinski definition) is 1. The fourth-order valence-corrected chi connectivity index (χ4v) is 3.14. The van der Waals surface area contributed by atoms with Crippen molar-refractivity contribution in [2.24, 2.45) is 0 Å². The van der Waals surface area contributed by atoms with Gasteiger partial charge >= 0.3 is 0 Å². The molecule has 1 amide bonds. The quantitative estimate of drug-likeness (QED) is 0.686. The molecular formula is C22H21NO4. The Morgan fingerprint density at radius 2 is 2.00 bits per heavy atom. The van der Waals surface area contributed by atoms with Crippen LogP contribution in [0.25, 0.3) is 0 Å². The normalized spacial score (nSPS) is 12.4. The summed E-state index contributed by atoms with van der Waals surface area (Å²) in [5.74, 6) is 1.68. The SMILES string of the molecule is O=C(Cc1ccc2c(c1)CCO2)Nc1cccc(COCc2ccco2)c1. The topological polar surface area (TPSA) is 60.7 Å². The molecule has 138 valence electrons. The van der Waals surface area contributed by atoms with E-state index in [0.717, 1.165) is 41.4 Å². The molecule has 2 aromatic carbocycles. The van der Waals surface area contributed by atoms with E-state index in [0.29, 0.717) is 19.6 Å². The van der Waals surface area contributed by atoms with Gasteiger partial charge in [-0.25, -0.2) is 0 Å². The highest BCUT2D eigenvalue weighted by atomic mass is 16.5. The monoisotopic (exact) mass is 363 g/mol. The van der Waals surface area contributed by atoms with Crippen LogP contribution in [0.4, 0.5) is 5.69 Å². The molecule has 1 aliphatic rings. The molecule has 0 aliphatic carbocycles. The van der Waals surface area contributed by atoms with Crippen molar-refractivity contribution in [3.8, 4) is 5.75 Å². The molecule has 3 aromatic rings. The number of fused-ring (bicyclic) bond motifs is 1. The Hall–Kier alpha value is -3.05. The molecule has 27 heavy (non-hydrogen) atoms. The molecule has 1 aliphatic heterocycles. The lowest BCUT2D eigenvalue weighted by Crippen LogP contribution is -2.14. The largest absolute Gasteiger partial charge is 0.493 e. The molecule has 0 atom stereocenters. The average molecular weight is 363 g/mol. The highest BCUT2D eigenvalue weighted by Gasteiger charge is 2.13. The lowest BCUT2D eigenvalue weighted by molar-refractivity contribution is -0.115. The molecule has 2 heterocycles. The van der Waals surface area contributed by atoms with Gasteiger partial charge in [-0.2, -0.15) is 0 Å². The number of carbonyl (C=O) groups excluding carboxylic acids is 1. The minimum absolute atomic E-state index is 0.0393. The zero-order valence-corrected chi connectivity index (χ0v) is 14.9. The first-order chi connectivity index (χ1) is 13.3. The van der Waals surface area contributed by atoms with Crippen molar-refractivity contribution in [3.63, 3.8) is 0 Å². The molecule has 5 nitrogen and oxygen atoms in total. The number of furan rings is 1. The molecular weight excluding hydrogens is 342 g/mol. The van der Waals surface area contributed by atoms with Gasteiger partial charge in [-0.3, -0.25) is 4.79 Å². The van der Waals surface area contributed by atoms with Gasteiger partial charge in [0.25, 0.3) is 0 Å². The van der Waals surface area contributed by atoms with E-state index in [1.807, 2.05) is 48.5 Å². The predicted molar refractivity (Wildman–Crippen MR) is 102 cm³/mol. The second-order valence-electron chi connectivity index (χ2n) is 6.54. The summed E-state index contributed by atoms with van der Waals surface area (Å²) in [6.07, 6.45) is 2.88.